The van der Waals surface area contributed by atoms with E-state index >= 15 is 0 Å². The predicted octanol–water partition coefficient (Wildman–Crippen LogP) is 5.40. The summed E-state index contributed by atoms with van der Waals surface area (Å²) < 4.78 is 11.3. The summed E-state index contributed by atoms with van der Waals surface area (Å²) in [6, 6.07) is 11.1. The molecule has 2 aromatic rings. The van der Waals surface area contributed by atoms with Gasteiger partial charge >= 0.3 is 0 Å². The van der Waals surface area contributed by atoms with Gasteiger partial charge in [0.15, 0.2) is 11.5 Å². The van der Waals surface area contributed by atoms with Gasteiger partial charge in [0.25, 0.3) is 0 Å². The van der Waals surface area contributed by atoms with Gasteiger partial charge in [0, 0.05) is 28.7 Å². The Labute approximate surface area is 164 Å². The summed E-state index contributed by atoms with van der Waals surface area (Å²) >= 11 is 12.1. The monoisotopic (exact) mass is 392 g/mol. The molecular weight excluding hydrogens is 371 g/mol. The van der Waals surface area contributed by atoms with E-state index in [9.17, 15) is 0 Å². The zero-order valence-electron chi connectivity index (χ0n) is 14.8. The minimum absolute atomic E-state index is 0.341. The highest BCUT2D eigenvalue weighted by atomic mass is 35.5. The maximum Gasteiger partial charge on any atom is 0.161 e. The van der Waals surface area contributed by atoms with Crippen LogP contribution in [-0.4, -0.2) is 31.4 Å². The number of hydrogen-bond acceptors (Lipinski definition) is 4. The van der Waals surface area contributed by atoms with Gasteiger partial charge in [-0.05, 0) is 55.2 Å². The molecular formula is C20H22Cl2N2O2. The second-order valence-corrected chi connectivity index (χ2v) is 7.04. The molecule has 0 spiro atoms. The molecule has 26 heavy (non-hydrogen) atoms. The topological polar surface area (TPSA) is 34.1 Å². The Balaban J connectivity index is 1.67. The van der Waals surface area contributed by atoms with Crippen molar-refractivity contribution in [2.75, 3.05) is 20.2 Å². The zero-order valence-corrected chi connectivity index (χ0v) is 16.3. The lowest BCUT2D eigenvalue weighted by Crippen LogP contribution is -2.24. The van der Waals surface area contributed by atoms with E-state index in [4.69, 9.17) is 32.7 Å². The van der Waals surface area contributed by atoms with Gasteiger partial charge < -0.3 is 9.47 Å². The van der Waals surface area contributed by atoms with E-state index in [0.29, 0.717) is 28.2 Å². The fraction of sp³-hybridized carbons (Fsp3) is 0.350. The van der Waals surface area contributed by atoms with E-state index in [1.54, 1.807) is 19.2 Å². The molecule has 4 nitrogen and oxygen atoms in total. The molecule has 1 fully saturated rings. The number of nitrogens with zero attached hydrogens (tertiary/aromatic N) is 2. The SMILES string of the molecule is COc1cc(C=NN2CCCCC2)ccc1OCc1ccc(Cl)cc1Cl. The number of benzene rings is 2. The third-order valence-electron chi connectivity index (χ3n) is 4.29. The lowest BCUT2D eigenvalue weighted by Gasteiger charge is -2.23. The number of halogens is 2. The third kappa shape index (κ3) is 5.05. The molecule has 138 valence electrons. The Morgan fingerprint density at radius 3 is 2.58 bits per heavy atom. The Morgan fingerprint density at radius 2 is 1.85 bits per heavy atom. The van der Waals surface area contributed by atoms with Gasteiger partial charge in [0.05, 0.1) is 13.3 Å². The first-order chi connectivity index (χ1) is 12.7. The average Bonchev–Trinajstić information content (AvgIpc) is 2.67. The smallest absolute Gasteiger partial charge is 0.161 e. The minimum Gasteiger partial charge on any atom is -0.493 e. The molecule has 0 unspecified atom stereocenters. The number of rotatable bonds is 6. The van der Waals surface area contributed by atoms with Crippen LogP contribution >= 0.6 is 23.2 Å². The van der Waals surface area contributed by atoms with Gasteiger partial charge in [-0.15, -0.1) is 0 Å². The van der Waals surface area contributed by atoms with E-state index in [2.05, 4.69) is 10.1 Å². The largest absolute Gasteiger partial charge is 0.493 e. The quantitative estimate of drug-likeness (QED) is 0.617. The van der Waals surface area contributed by atoms with Crippen LogP contribution in [0.5, 0.6) is 11.5 Å². The van der Waals surface area contributed by atoms with Crippen molar-refractivity contribution in [2.24, 2.45) is 5.10 Å². The van der Waals surface area contributed by atoms with Crippen LogP contribution in [-0.2, 0) is 6.61 Å². The van der Waals surface area contributed by atoms with E-state index < -0.39 is 0 Å². The van der Waals surface area contributed by atoms with Gasteiger partial charge in [-0.3, -0.25) is 5.01 Å². The van der Waals surface area contributed by atoms with Crippen molar-refractivity contribution < 1.29 is 9.47 Å². The number of piperidine rings is 1. The summed E-state index contributed by atoms with van der Waals surface area (Å²) in [5.74, 6) is 1.33. The van der Waals surface area contributed by atoms with Gasteiger partial charge in [0.2, 0.25) is 0 Å². The number of hydrazone groups is 1. The normalized spacial score (nSPS) is 14.7. The Kier molecular flexibility index (Phi) is 6.64. The predicted molar refractivity (Wildman–Crippen MR) is 107 cm³/mol. The number of methoxy groups -OCH3 is 1. The molecule has 3 rings (SSSR count). The molecule has 1 aliphatic heterocycles. The third-order valence-corrected chi connectivity index (χ3v) is 4.88. The molecule has 0 aromatic heterocycles. The molecule has 0 bridgehead atoms. The number of hydrogen-bond donors (Lipinski definition) is 0. The van der Waals surface area contributed by atoms with Gasteiger partial charge in [0.1, 0.15) is 6.61 Å². The molecule has 0 saturated carbocycles. The summed E-state index contributed by atoms with van der Waals surface area (Å²) in [6.07, 6.45) is 5.58. The molecule has 0 atom stereocenters. The van der Waals surface area contributed by atoms with E-state index in [1.807, 2.05) is 30.5 Å². The molecule has 0 radical (unpaired) electrons. The van der Waals surface area contributed by atoms with Crippen molar-refractivity contribution in [3.05, 3.63) is 57.6 Å². The fourth-order valence-electron chi connectivity index (χ4n) is 2.82. The van der Waals surface area contributed by atoms with Crippen LogP contribution in [0.1, 0.15) is 30.4 Å². The van der Waals surface area contributed by atoms with Crippen LogP contribution in [0.15, 0.2) is 41.5 Å². The van der Waals surface area contributed by atoms with Crippen LogP contribution in [0.25, 0.3) is 0 Å². The highest BCUT2D eigenvalue weighted by molar-refractivity contribution is 6.35. The second kappa shape index (κ2) is 9.15. The Morgan fingerprint density at radius 1 is 1.04 bits per heavy atom. The van der Waals surface area contributed by atoms with Gasteiger partial charge in [-0.25, -0.2) is 0 Å². The molecule has 0 amide bonds. The fourth-order valence-corrected chi connectivity index (χ4v) is 3.28. The Bertz CT molecular complexity index is 774. The molecule has 1 heterocycles. The molecule has 1 aliphatic rings. The lowest BCUT2D eigenvalue weighted by atomic mass is 10.2. The van der Waals surface area contributed by atoms with Crippen molar-refractivity contribution in [2.45, 2.75) is 25.9 Å². The summed E-state index contributed by atoms with van der Waals surface area (Å²) in [6.45, 7) is 2.39. The maximum absolute atomic E-state index is 6.19. The lowest BCUT2D eigenvalue weighted by molar-refractivity contribution is 0.240. The summed E-state index contributed by atoms with van der Waals surface area (Å²) in [5.41, 5.74) is 1.85. The highest BCUT2D eigenvalue weighted by Gasteiger charge is 2.09. The standard InChI is InChI=1S/C20H22Cl2N2O2/c1-25-20-11-15(13-23-24-9-3-2-4-10-24)5-8-19(20)26-14-16-6-7-17(21)12-18(16)22/h5-8,11-13H,2-4,9-10,14H2,1H3. The van der Waals surface area contributed by atoms with Gasteiger partial charge in [-0.1, -0.05) is 29.3 Å². The molecule has 1 saturated heterocycles. The number of ether oxygens (including phenoxy) is 2. The van der Waals surface area contributed by atoms with E-state index in [1.165, 1.54) is 19.3 Å². The minimum atomic E-state index is 0.341. The van der Waals surface area contributed by atoms with Crippen molar-refractivity contribution in [3.63, 3.8) is 0 Å². The zero-order chi connectivity index (χ0) is 18.4. The summed E-state index contributed by atoms with van der Waals surface area (Å²) in [4.78, 5) is 0. The van der Waals surface area contributed by atoms with Crippen LogP contribution in [0.4, 0.5) is 0 Å². The van der Waals surface area contributed by atoms with E-state index in [-0.39, 0.29) is 0 Å². The van der Waals surface area contributed by atoms with Crippen molar-refractivity contribution in [1.29, 1.82) is 0 Å². The highest BCUT2D eigenvalue weighted by Crippen LogP contribution is 2.30. The summed E-state index contributed by atoms with van der Waals surface area (Å²) in [7, 11) is 1.63. The molecule has 6 heteroatoms. The molecule has 0 N–H and O–H groups in total. The van der Waals surface area contributed by atoms with Crippen molar-refractivity contribution in [1.82, 2.24) is 5.01 Å². The first-order valence-electron chi connectivity index (χ1n) is 8.69. The van der Waals surface area contributed by atoms with Crippen LogP contribution in [0.3, 0.4) is 0 Å². The average molecular weight is 393 g/mol. The molecule has 2 aromatic carbocycles. The van der Waals surface area contributed by atoms with Crippen molar-refractivity contribution in [3.8, 4) is 11.5 Å². The van der Waals surface area contributed by atoms with Crippen LogP contribution < -0.4 is 9.47 Å². The summed E-state index contributed by atoms with van der Waals surface area (Å²) in [5, 5.41) is 7.86. The maximum atomic E-state index is 6.19. The first-order valence-corrected chi connectivity index (χ1v) is 9.45. The second-order valence-electron chi connectivity index (χ2n) is 6.19. The van der Waals surface area contributed by atoms with Gasteiger partial charge in [-0.2, -0.15) is 5.10 Å². The Hall–Kier alpha value is -1.91. The van der Waals surface area contributed by atoms with Crippen molar-refractivity contribution >= 4 is 29.4 Å². The van der Waals surface area contributed by atoms with Crippen LogP contribution in [0, 0.1) is 0 Å². The molecule has 0 aliphatic carbocycles. The first kappa shape index (κ1) is 18.9. The van der Waals surface area contributed by atoms with E-state index in [0.717, 1.165) is 24.2 Å². The van der Waals surface area contributed by atoms with Crippen LogP contribution in [0.2, 0.25) is 10.0 Å².